The Balaban J connectivity index is 2.87. The molecule has 1 aromatic rings. The monoisotopic (exact) mass is 290 g/mol. The maximum absolute atomic E-state index is 11.9. The number of hydrogen-bond donors (Lipinski definition) is 1. The molecule has 0 aliphatic carbocycles. The molecular formula is C12H19ClN2O2S. The number of alkyl halides is 1. The fraction of sp³-hybridized carbons (Fsp3) is 0.500. The highest BCUT2D eigenvalue weighted by molar-refractivity contribution is 7.89. The second-order valence-corrected chi connectivity index (χ2v) is 6.68. The Morgan fingerprint density at radius 3 is 2.22 bits per heavy atom. The summed E-state index contributed by atoms with van der Waals surface area (Å²) >= 11 is 5.80. The normalized spacial score (nSPS) is 13.6. The van der Waals surface area contributed by atoms with Gasteiger partial charge in [0, 0.05) is 31.7 Å². The van der Waals surface area contributed by atoms with Gasteiger partial charge in [0.15, 0.2) is 0 Å². The number of nitrogens with zero attached hydrogens (tertiary/aromatic N) is 1. The quantitative estimate of drug-likeness (QED) is 0.818. The molecule has 0 spiro atoms. The minimum absolute atomic E-state index is 0.197. The minimum atomic E-state index is -3.35. The van der Waals surface area contributed by atoms with Crippen LogP contribution < -0.4 is 5.32 Å². The molecule has 0 heterocycles. The molecule has 0 aliphatic heterocycles. The van der Waals surface area contributed by atoms with E-state index in [2.05, 4.69) is 5.32 Å². The molecule has 4 nitrogen and oxygen atoms in total. The molecule has 0 aliphatic rings. The van der Waals surface area contributed by atoms with Crippen molar-refractivity contribution in [2.45, 2.75) is 24.3 Å². The lowest BCUT2D eigenvalue weighted by Crippen LogP contribution is -2.22. The highest BCUT2D eigenvalue weighted by Crippen LogP contribution is 2.17. The van der Waals surface area contributed by atoms with Gasteiger partial charge in [-0.05, 0) is 30.7 Å². The summed E-state index contributed by atoms with van der Waals surface area (Å²) < 4.78 is 24.9. The molecule has 6 heteroatoms. The second-order valence-electron chi connectivity index (χ2n) is 4.22. The zero-order valence-electron chi connectivity index (χ0n) is 10.9. The van der Waals surface area contributed by atoms with Crippen LogP contribution in [0.4, 0.5) is 5.69 Å². The van der Waals surface area contributed by atoms with Gasteiger partial charge in [0.05, 0.1) is 4.90 Å². The number of hydrogen-bond acceptors (Lipinski definition) is 3. The molecule has 1 aromatic carbocycles. The van der Waals surface area contributed by atoms with Gasteiger partial charge in [-0.3, -0.25) is 0 Å². The Morgan fingerprint density at radius 1 is 1.28 bits per heavy atom. The minimum Gasteiger partial charge on any atom is -0.381 e. The van der Waals surface area contributed by atoms with Crippen molar-refractivity contribution in [3.05, 3.63) is 24.3 Å². The molecule has 1 atom stereocenters. The summed E-state index contributed by atoms with van der Waals surface area (Å²) in [4.78, 5) is 0.289. The van der Waals surface area contributed by atoms with E-state index in [4.69, 9.17) is 11.6 Å². The van der Waals surface area contributed by atoms with Gasteiger partial charge in [-0.15, -0.1) is 11.6 Å². The average molecular weight is 291 g/mol. The molecule has 1 unspecified atom stereocenters. The molecule has 0 fully saturated rings. The van der Waals surface area contributed by atoms with Gasteiger partial charge in [0.1, 0.15) is 0 Å². The van der Waals surface area contributed by atoms with Gasteiger partial charge in [-0.1, -0.05) is 6.92 Å². The maximum Gasteiger partial charge on any atom is 0.242 e. The Labute approximate surface area is 114 Å². The highest BCUT2D eigenvalue weighted by Gasteiger charge is 2.16. The van der Waals surface area contributed by atoms with E-state index in [-0.39, 0.29) is 10.9 Å². The summed E-state index contributed by atoms with van der Waals surface area (Å²) in [5, 5.41) is 3.25. The predicted octanol–water partition coefficient (Wildman–Crippen LogP) is 2.37. The first-order chi connectivity index (χ1) is 8.41. The zero-order valence-corrected chi connectivity index (χ0v) is 12.4. The molecular weight excluding hydrogens is 272 g/mol. The van der Waals surface area contributed by atoms with Crippen molar-refractivity contribution in [2.24, 2.45) is 0 Å². The van der Waals surface area contributed by atoms with E-state index in [1.807, 2.05) is 6.92 Å². The van der Waals surface area contributed by atoms with Crippen LogP contribution in [0.5, 0.6) is 0 Å². The lowest BCUT2D eigenvalue weighted by atomic mass is 10.2. The number of halogens is 1. The Hall–Kier alpha value is -0.780. The van der Waals surface area contributed by atoms with Crippen molar-refractivity contribution in [3.63, 3.8) is 0 Å². The molecule has 0 bridgehead atoms. The van der Waals surface area contributed by atoms with E-state index >= 15 is 0 Å². The average Bonchev–Trinajstić information content (AvgIpc) is 2.36. The van der Waals surface area contributed by atoms with E-state index in [1.54, 1.807) is 24.3 Å². The number of nitrogens with one attached hydrogen (secondary N) is 1. The Kier molecular flexibility index (Phi) is 5.44. The van der Waals surface area contributed by atoms with E-state index in [0.717, 1.165) is 12.1 Å². The number of benzene rings is 1. The summed E-state index contributed by atoms with van der Waals surface area (Å²) in [5.41, 5.74) is 0.875. The third-order valence-electron chi connectivity index (χ3n) is 2.68. The first kappa shape index (κ1) is 15.3. The van der Waals surface area contributed by atoms with Crippen LogP contribution in [-0.2, 0) is 10.0 Å². The van der Waals surface area contributed by atoms with Gasteiger partial charge >= 0.3 is 0 Å². The summed E-state index contributed by atoms with van der Waals surface area (Å²) in [6.45, 7) is 2.05. The van der Waals surface area contributed by atoms with Gasteiger partial charge in [-0.2, -0.15) is 0 Å². The Bertz CT molecular complexity index is 467. The van der Waals surface area contributed by atoms with Crippen molar-refractivity contribution >= 4 is 27.3 Å². The van der Waals surface area contributed by atoms with E-state index in [9.17, 15) is 8.42 Å². The summed E-state index contributed by atoms with van der Waals surface area (Å²) in [5.74, 6) is 0.522. The van der Waals surface area contributed by atoms with Crippen LogP contribution in [0.25, 0.3) is 0 Å². The third kappa shape index (κ3) is 3.60. The predicted molar refractivity (Wildman–Crippen MR) is 75.7 cm³/mol. The standard InChI is InChI=1S/C12H19ClN2O2S/c1-4-10(9-13)14-11-5-7-12(8-6-11)18(16,17)15(2)3/h5-8,10,14H,4,9H2,1-3H3. The van der Waals surface area contributed by atoms with Gasteiger partial charge < -0.3 is 5.32 Å². The largest absolute Gasteiger partial charge is 0.381 e. The van der Waals surface area contributed by atoms with Crippen molar-refractivity contribution in [2.75, 3.05) is 25.3 Å². The van der Waals surface area contributed by atoms with Crippen LogP contribution in [0.2, 0.25) is 0 Å². The molecule has 18 heavy (non-hydrogen) atoms. The molecule has 0 amide bonds. The molecule has 0 aromatic heterocycles. The van der Waals surface area contributed by atoms with Crippen LogP contribution in [0.1, 0.15) is 13.3 Å². The van der Waals surface area contributed by atoms with Crippen LogP contribution in [0, 0.1) is 0 Å². The van der Waals surface area contributed by atoms with Gasteiger partial charge in [0.2, 0.25) is 10.0 Å². The lowest BCUT2D eigenvalue weighted by Gasteiger charge is -2.16. The fourth-order valence-corrected chi connectivity index (χ4v) is 2.62. The molecule has 1 N–H and O–H groups in total. The molecule has 102 valence electrons. The topological polar surface area (TPSA) is 49.4 Å². The smallest absolute Gasteiger partial charge is 0.242 e. The first-order valence-electron chi connectivity index (χ1n) is 5.77. The highest BCUT2D eigenvalue weighted by atomic mass is 35.5. The SMILES string of the molecule is CCC(CCl)Nc1ccc(S(=O)(=O)N(C)C)cc1. The molecule has 0 radical (unpaired) electrons. The van der Waals surface area contributed by atoms with Crippen LogP contribution in [0.15, 0.2) is 29.2 Å². The summed E-state index contributed by atoms with van der Waals surface area (Å²) in [6, 6.07) is 6.90. The van der Waals surface area contributed by atoms with Gasteiger partial charge in [-0.25, -0.2) is 12.7 Å². The van der Waals surface area contributed by atoms with E-state index in [0.29, 0.717) is 5.88 Å². The maximum atomic E-state index is 11.9. The van der Waals surface area contributed by atoms with Crippen molar-refractivity contribution in [1.82, 2.24) is 4.31 Å². The van der Waals surface area contributed by atoms with Crippen molar-refractivity contribution in [1.29, 1.82) is 0 Å². The fourth-order valence-electron chi connectivity index (χ4n) is 1.42. The van der Waals surface area contributed by atoms with Crippen molar-refractivity contribution < 1.29 is 8.42 Å². The number of anilines is 1. The van der Waals surface area contributed by atoms with Crippen LogP contribution >= 0.6 is 11.6 Å². The zero-order chi connectivity index (χ0) is 13.8. The van der Waals surface area contributed by atoms with Gasteiger partial charge in [0.25, 0.3) is 0 Å². The molecule has 1 rings (SSSR count). The number of rotatable bonds is 6. The lowest BCUT2D eigenvalue weighted by molar-refractivity contribution is 0.521. The second kappa shape index (κ2) is 6.41. The van der Waals surface area contributed by atoms with Crippen LogP contribution in [0.3, 0.4) is 0 Å². The molecule has 0 saturated carbocycles. The first-order valence-corrected chi connectivity index (χ1v) is 7.74. The van der Waals surface area contributed by atoms with E-state index in [1.165, 1.54) is 18.4 Å². The van der Waals surface area contributed by atoms with Crippen LogP contribution in [-0.4, -0.2) is 38.7 Å². The van der Waals surface area contributed by atoms with Crippen molar-refractivity contribution in [3.8, 4) is 0 Å². The van der Waals surface area contributed by atoms with E-state index < -0.39 is 10.0 Å². The summed E-state index contributed by atoms with van der Waals surface area (Å²) in [7, 11) is -0.322. The summed E-state index contributed by atoms with van der Waals surface area (Å²) in [6.07, 6.45) is 0.918. The third-order valence-corrected chi connectivity index (χ3v) is 4.88. The molecule has 0 saturated heterocycles. The Morgan fingerprint density at radius 2 is 1.83 bits per heavy atom. The number of sulfonamides is 1.